The van der Waals surface area contributed by atoms with E-state index in [2.05, 4.69) is 5.32 Å². The molecule has 2 aromatic carbocycles. The maximum Gasteiger partial charge on any atom is 0.251 e. The molecule has 0 saturated carbocycles. The second kappa shape index (κ2) is 7.36. The number of carbonyl (C=O) groups excluding carboxylic acids is 2. The number of carbonyl (C=O) groups is 2. The van der Waals surface area contributed by atoms with Crippen molar-refractivity contribution < 1.29 is 14.7 Å². The highest BCUT2D eigenvalue weighted by Gasteiger charge is 2.13. The van der Waals surface area contributed by atoms with Crippen molar-refractivity contribution in [2.45, 2.75) is 12.5 Å². The van der Waals surface area contributed by atoms with Gasteiger partial charge in [0.05, 0.1) is 12.6 Å². The number of benzene rings is 2. The molecule has 0 aliphatic carbocycles. The van der Waals surface area contributed by atoms with Crippen LogP contribution in [0, 0.1) is 0 Å². The molecule has 2 aromatic rings. The molecule has 108 valence electrons. The highest BCUT2D eigenvalue weighted by Crippen LogP contribution is 2.06. The van der Waals surface area contributed by atoms with E-state index in [1.54, 1.807) is 24.3 Å². The Bertz CT molecular complexity index is 593. The Morgan fingerprint density at radius 3 is 2.33 bits per heavy atom. The van der Waals surface area contributed by atoms with E-state index in [4.69, 9.17) is 0 Å². The number of aldehydes is 1. The lowest BCUT2D eigenvalue weighted by atomic mass is 10.1. The summed E-state index contributed by atoms with van der Waals surface area (Å²) >= 11 is 0. The average Bonchev–Trinajstić information content (AvgIpc) is 2.55. The van der Waals surface area contributed by atoms with Crippen LogP contribution in [0.25, 0.3) is 0 Å². The van der Waals surface area contributed by atoms with Gasteiger partial charge in [0.1, 0.15) is 6.29 Å². The highest BCUT2D eigenvalue weighted by molar-refractivity contribution is 5.95. The lowest BCUT2D eigenvalue weighted by Gasteiger charge is -2.16. The zero-order chi connectivity index (χ0) is 15.1. The van der Waals surface area contributed by atoms with Crippen molar-refractivity contribution >= 4 is 12.2 Å². The molecule has 0 radical (unpaired) electrons. The molecule has 0 fully saturated rings. The minimum absolute atomic E-state index is 0.132. The maximum absolute atomic E-state index is 12.1. The molecule has 2 rings (SSSR count). The number of aliphatic hydroxyl groups is 1. The van der Waals surface area contributed by atoms with Crippen LogP contribution in [0.4, 0.5) is 0 Å². The summed E-state index contributed by atoms with van der Waals surface area (Å²) in [4.78, 5) is 22.7. The van der Waals surface area contributed by atoms with Crippen molar-refractivity contribution in [1.29, 1.82) is 0 Å². The number of hydrogen-bond donors (Lipinski definition) is 2. The van der Waals surface area contributed by atoms with E-state index < -0.39 is 0 Å². The monoisotopic (exact) mass is 283 g/mol. The topological polar surface area (TPSA) is 66.4 Å². The van der Waals surface area contributed by atoms with Gasteiger partial charge in [0.2, 0.25) is 0 Å². The second-order valence-electron chi connectivity index (χ2n) is 4.78. The predicted octanol–water partition coefficient (Wildman–Crippen LogP) is 1.83. The summed E-state index contributed by atoms with van der Waals surface area (Å²) in [5, 5.41) is 12.2. The number of nitrogens with one attached hydrogen (secondary N) is 1. The smallest absolute Gasteiger partial charge is 0.251 e. The zero-order valence-electron chi connectivity index (χ0n) is 11.5. The SMILES string of the molecule is O=Cc1ccc(C(=O)NC(CO)Cc2ccccc2)cc1. The zero-order valence-corrected chi connectivity index (χ0v) is 11.5. The Hall–Kier alpha value is -2.46. The minimum Gasteiger partial charge on any atom is -0.394 e. The van der Waals surface area contributed by atoms with Gasteiger partial charge in [0, 0.05) is 11.1 Å². The van der Waals surface area contributed by atoms with Crippen molar-refractivity contribution in [2.24, 2.45) is 0 Å². The Morgan fingerprint density at radius 2 is 1.76 bits per heavy atom. The summed E-state index contributed by atoms with van der Waals surface area (Å²) in [7, 11) is 0. The standard InChI is InChI=1S/C17H17NO3/c19-11-14-6-8-15(9-7-14)17(21)18-16(12-20)10-13-4-2-1-3-5-13/h1-9,11,16,20H,10,12H2,(H,18,21). The average molecular weight is 283 g/mol. The maximum atomic E-state index is 12.1. The highest BCUT2D eigenvalue weighted by atomic mass is 16.3. The molecule has 0 aromatic heterocycles. The first-order chi connectivity index (χ1) is 10.2. The molecule has 0 heterocycles. The molecule has 1 atom stereocenters. The van der Waals surface area contributed by atoms with Gasteiger partial charge in [0.15, 0.2) is 0 Å². The van der Waals surface area contributed by atoms with E-state index in [1.807, 2.05) is 30.3 Å². The fourth-order valence-corrected chi connectivity index (χ4v) is 2.04. The third kappa shape index (κ3) is 4.26. The molecule has 0 bridgehead atoms. The van der Waals surface area contributed by atoms with Gasteiger partial charge in [0.25, 0.3) is 5.91 Å². The molecule has 1 unspecified atom stereocenters. The van der Waals surface area contributed by atoms with Crippen LogP contribution in [0.1, 0.15) is 26.3 Å². The van der Waals surface area contributed by atoms with Crippen LogP contribution in [0.3, 0.4) is 0 Å². The van der Waals surface area contributed by atoms with E-state index >= 15 is 0 Å². The minimum atomic E-state index is -0.342. The van der Waals surface area contributed by atoms with Crippen LogP contribution in [0.15, 0.2) is 54.6 Å². The summed E-state index contributed by atoms with van der Waals surface area (Å²) in [6.45, 7) is -0.132. The van der Waals surface area contributed by atoms with E-state index in [0.717, 1.165) is 11.8 Å². The van der Waals surface area contributed by atoms with Gasteiger partial charge < -0.3 is 10.4 Å². The lowest BCUT2D eigenvalue weighted by molar-refractivity contribution is 0.0916. The van der Waals surface area contributed by atoms with Crippen molar-refractivity contribution in [2.75, 3.05) is 6.61 Å². The molecular weight excluding hydrogens is 266 g/mol. The van der Waals surface area contributed by atoms with Crippen LogP contribution < -0.4 is 5.32 Å². The van der Waals surface area contributed by atoms with Gasteiger partial charge in [-0.2, -0.15) is 0 Å². The molecule has 1 amide bonds. The van der Waals surface area contributed by atoms with E-state index in [-0.39, 0.29) is 18.6 Å². The molecule has 0 spiro atoms. The van der Waals surface area contributed by atoms with Gasteiger partial charge in [-0.1, -0.05) is 42.5 Å². The summed E-state index contributed by atoms with van der Waals surface area (Å²) in [6.07, 6.45) is 1.29. The van der Waals surface area contributed by atoms with Gasteiger partial charge >= 0.3 is 0 Å². The van der Waals surface area contributed by atoms with E-state index in [1.165, 1.54) is 0 Å². The lowest BCUT2D eigenvalue weighted by Crippen LogP contribution is -2.39. The number of rotatable bonds is 6. The molecule has 0 aliphatic rings. The first-order valence-electron chi connectivity index (χ1n) is 6.74. The van der Waals surface area contributed by atoms with Crippen molar-refractivity contribution in [3.05, 3.63) is 71.3 Å². The Balaban J connectivity index is 2.00. The number of hydrogen-bond acceptors (Lipinski definition) is 3. The van der Waals surface area contributed by atoms with Crippen LogP contribution >= 0.6 is 0 Å². The molecule has 2 N–H and O–H groups in total. The van der Waals surface area contributed by atoms with Crippen LogP contribution in [0.5, 0.6) is 0 Å². The third-order valence-corrected chi connectivity index (χ3v) is 3.19. The Morgan fingerprint density at radius 1 is 1.10 bits per heavy atom. The summed E-state index contributed by atoms with van der Waals surface area (Å²) < 4.78 is 0. The number of amides is 1. The van der Waals surface area contributed by atoms with Crippen molar-refractivity contribution in [3.8, 4) is 0 Å². The molecule has 0 saturated heterocycles. The molecule has 0 aliphatic heterocycles. The van der Waals surface area contributed by atoms with Crippen LogP contribution in [0.2, 0.25) is 0 Å². The number of aliphatic hydroxyl groups excluding tert-OH is 1. The summed E-state index contributed by atoms with van der Waals surface area (Å²) in [5.74, 6) is -0.262. The van der Waals surface area contributed by atoms with Crippen molar-refractivity contribution in [1.82, 2.24) is 5.32 Å². The van der Waals surface area contributed by atoms with Gasteiger partial charge in [-0.05, 0) is 24.1 Å². The quantitative estimate of drug-likeness (QED) is 0.795. The summed E-state index contributed by atoms with van der Waals surface area (Å²) in [6, 6.07) is 15.7. The fraction of sp³-hybridized carbons (Fsp3) is 0.176. The first kappa shape index (κ1) is 14.9. The Labute approximate surface area is 123 Å². The molecule has 4 nitrogen and oxygen atoms in total. The Kier molecular flexibility index (Phi) is 5.23. The molecule has 21 heavy (non-hydrogen) atoms. The third-order valence-electron chi connectivity index (χ3n) is 3.19. The van der Waals surface area contributed by atoms with Gasteiger partial charge in [-0.3, -0.25) is 9.59 Å². The normalized spacial score (nSPS) is 11.7. The van der Waals surface area contributed by atoms with E-state index in [9.17, 15) is 14.7 Å². The largest absolute Gasteiger partial charge is 0.394 e. The summed E-state index contributed by atoms with van der Waals surface area (Å²) in [5.41, 5.74) is 2.04. The second-order valence-corrected chi connectivity index (χ2v) is 4.78. The van der Waals surface area contributed by atoms with E-state index in [0.29, 0.717) is 17.5 Å². The predicted molar refractivity (Wildman–Crippen MR) is 80.3 cm³/mol. The van der Waals surface area contributed by atoms with Gasteiger partial charge in [-0.25, -0.2) is 0 Å². The van der Waals surface area contributed by atoms with Crippen molar-refractivity contribution in [3.63, 3.8) is 0 Å². The van der Waals surface area contributed by atoms with Crippen LogP contribution in [-0.2, 0) is 6.42 Å². The molecule has 4 heteroatoms. The fourth-order valence-electron chi connectivity index (χ4n) is 2.04. The first-order valence-corrected chi connectivity index (χ1v) is 6.74. The molecular formula is C17H17NO3. The van der Waals surface area contributed by atoms with Gasteiger partial charge in [-0.15, -0.1) is 0 Å². The van der Waals surface area contributed by atoms with Crippen LogP contribution in [-0.4, -0.2) is 29.9 Å².